The summed E-state index contributed by atoms with van der Waals surface area (Å²) in [5.74, 6) is 0.539. The molecule has 0 saturated carbocycles. The quantitative estimate of drug-likeness (QED) is 0.723. The van der Waals surface area contributed by atoms with Crippen molar-refractivity contribution in [3.63, 3.8) is 0 Å². The van der Waals surface area contributed by atoms with Crippen LogP contribution in [0.15, 0.2) is 0 Å². The molecule has 1 heterocycles. The molecular formula is C11H22ClNO3S. The number of rotatable bonds is 5. The first-order valence-corrected chi connectivity index (χ1v) is 8.16. The lowest BCUT2D eigenvalue weighted by Crippen LogP contribution is -2.55. The monoisotopic (exact) mass is 283 g/mol. The van der Waals surface area contributed by atoms with Crippen molar-refractivity contribution in [1.82, 2.24) is 4.31 Å². The second-order valence-corrected chi connectivity index (χ2v) is 7.51. The number of sulfonamides is 1. The van der Waals surface area contributed by atoms with Gasteiger partial charge in [0.25, 0.3) is 0 Å². The van der Waals surface area contributed by atoms with Crippen molar-refractivity contribution in [2.24, 2.45) is 0 Å². The Kier molecular flexibility index (Phi) is 5.25. The van der Waals surface area contributed by atoms with Crippen molar-refractivity contribution in [3.8, 4) is 0 Å². The third-order valence-electron chi connectivity index (χ3n) is 2.77. The lowest BCUT2D eigenvalue weighted by Gasteiger charge is -2.41. The summed E-state index contributed by atoms with van der Waals surface area (Å²) in [4.78, 5) is 0. The van der Waals surface area contributed by atoms with Gasteiger partial charge in [-0.2, -0.15) is 4.31 Å². The van der Waals surface area contributed by atoms with Gasteiger partial charge in [0, 0.05) is 19.0 Å². The highest BCUT2D eigenvalue weighted by molar-refractivity contribution is 7.89. The molecule has 0 bridgehead atoms. The number of unbranched alkanes of at least 4 members (excludes halogenated alkanes) is 1. The van der Waals surface area contributed by atoms with E-state index in [1.54, 1.807) is 0 Å². The average molecular weight is 284 g/mol. The molecule has 1 unspecified atom stereocenters. The minimum absolute atomic E-state index is 0.211. The van der Waals surface area contributed by atoms with Crippen LogP contribution < -0.4 is 0 Å². The summed E-state index contributed by atoms with van der Waals surface area (Å²) in [6.07, 6.45) is 1.37. The zero-order chi connectivity index (χ0) is 13.1. The van der Waals surface area contributed by atoms with E-state index in [0.29, 0.717) is 25.4 Å². The van der Waals surface area contributed by atoms with Gasteiger partial charge in [0.15, 0.2) is 0 Å². The van der Waals surface area contributed by atoms with Gasteiger partial charge in [-0.05, 0) is 20.3 Å². The van der Waals surface area contributed by atoms with Gasteiger partial charge in [-0.1, -0.05) is 13.3 Å². The van der Waals surface area contributed by atoms with Gasteiger partial charge >= 0.3 is 0 Å². The van der Waals surface area contributed by atoms with Crippen LogP contribution in [-0.2, 0) is 14.8 Å². The molecular weight excluding hydrogens is 262 g/mol. The van der Waals surface area contributed by atoms with Crippen molar-refractivity contribution >= 4 is 21.6 Å². The smallest absolute Gasteiger partial charge is 0.214 e. The molecule has 0 aromatic rings. The van der Waals surface area contributed by atoms with Crippen molar-refractivity contribution < 1.29 is 13.2 Å². The first-order chi connectivity index (χ1) is 7.80. The molecule has 4 nitrogen and oxygen atoms in total. The molecule has 1 rings (SSSR count). The maximum Gasteiger partial charge on any atom is 0.214 e. The second kappa shape index (κ2) is 5.87. The van der Waals surface area contributed by atoms with Crippen LogP contribution in [0, 0.1) is 0 Å². The minimum atomic E-state index is -3.16. The van der Waals surface area contributed by atoms with E-state index < -0.39 is 15.6 Å². The molecule has 6 heteroatoms. The number of hydrogen-bond acceptors (Lipinski definition) is 3. The highest BCUT2D eigenvalue weighted by Gasteiger charge is 2.37. The predicted octanol–water partition coefficient (Wildman–Crippen LogP) is 1.83. The van der Waals surface area contributed by atoms with Crippen LogP contribution in [0.1, 0.15) is 33.6 Å². The van der Waals surface area contributed by atoms with E-state index in [9.17, 15) is 8.42 Å². The fourth-order valence-corrected chi connectivity index (χ4v) is 3.96. The zero-order valence-electron chi connectivity index (χ0n) is 10.8. The van der Waals surface area contributed by atoms with E-state index in [1.807, 2.05) is 20.8 Å². The summed E-state index contributed by atoms with van der Waals surface area (Å²) in [5, 5.41) is 0. The summed E-state index contributed by atoms with van der Waals surface area (Å²) in [5.41, 5.74) is -0.461. The third-order valence-corrected chi connectivity index (χ3v) is 4.99. The number of ether oxygens (including phenoxy) is 1. The molecule has 1 fully saturated rings. The van der Waals surface area contributed by atoms with Crippen LogP contribution >= 0.6 is 11.6 Å². The van der Waals surface area contributed by atoms with Crippen LogP contribution in [0.25, 0.3) is 0 Å². The number of hydrogen-bond donors (Lipinski definition) is 0. The van der Waals surface area contributed by atoms with Gasteiger partial charge in [0.05, 0.1) is 17.5 Å². The molecule has 0 spiro atoms. The van der Waals surface area contributed by atoms with E-state index in [1.165, 1.54) is 4.31 Å². The predicted molar refractivity (Wildman–Crippen MR) is 69.9 cm³/mol. The molecule has 1 saturated heterocycles. The maximum atomic E-state index is 12.1. The normalized spacial score (nSPS) is 26.0. The zero-order valence-corrected chi connectivity index (χ0v) is 12.4. The molecule has 0 N–H and O–H groups in total. The molecule has 17 heavy (non-hydrogen) atoms. The van der Waals surface area contributed by atoms with Crippen LogP contribution in [0.2, 0.25) is 0 Å². The number of nitrogens with zero attached hydrogens (tertiary/aromatic N) is 1. The summed E-state index contributed by atoms with van der Waals surface area (Å²) < 4.78 is 31.5. The first-order valence-electron chi connectivity index (χ1n) is 6.02. The fourth-order valence-electron chi connectivity index (χ4n) is 1.99. The topological polar surface area (TPSA) is 46.6 Å². The van der Waals surface area contributed by atoms with Crippen LogP contribution in [0.3, 0.4) is 0 Å². The van der Waals surface area contributed by atoms with Crippen molar-refractivity contribution in [2.75, 3.05) is 24.7 Å². The molecule has 0 aromatic carbocycles. The molecule has 1 atom stereocenters. The average Bonchev–Trinajstić information content (AvgIpc) is 2.24. The Morgan fingerprint density at radius 3 is 2.65 bits per heavy atom. The standard InChI is InChI=1S/C11H22ClNO3S/c1-4-5-6-17(14,15)13-8-10(7-12)16-11(2,3)9-13/h10H,4-9H2,1-3H3. The molecule has 0 aliphatic carbocycles. The molecule has 0 aromatic heterocycles. The van der Waals surface area contributed by atoms with E-state index in [-0.39, 0.29) is 11.9 Å². The van der Waals surface area contributed by atoms with E-state index in [0.717, 1.165) is 6.42 Å². The minimum Gasteiger partial charge on any atom is -0.368 e. The maximum absolute atomic E-state index is 12.1. The van der Waals surface area contributed by atoms with Gasteiger partial charge in [-0.25, -0.2) is 8.42 Å². The highest BCUT2D eigenvalue weighted by Crippen LogP contribution is 2.24. The van der Waals surface area contributed by atoms with Gasteiger partial charge < -0.3 is 4.74 Å². The number of halogens is 1. The van der Waals surface area contributed by atoms with Gasteiger partial charge in [0.2, 0.25) is 10.0 Å². The Morgan fingerprint density at radius 1 is 1.47 bits per heavy atom. The van der Waals surface area contributed by atoms with Crippen molar-refractivity contribution in [2.45, 2.75) is 45.3 Å². The van der Waals surface area contributed by atoms with Crippen molar-refractivity contribution in [1.29, 1.82) is 0 Å². The molecule has 0 amide bonds. The summed E-state index contributed by atoms with van der Waals surface area (Å²) >= 11 is 5.78. The summed E-state index contributed by atoms with van der Waals surface area (Å²) in [6, 6.07) is 0. The van der Waals surface area contributed by atoms with E-state index >= 15 is 0 Å². The SMILES string of the molecule is CCCCS(=O)(=O)N1CC(CCl)OC(C)(C)C1. The molecule has 1 aliphatic heterocycles. The molecule has 1 aliphatic rings. The largest absolute Gasteiger partial charge is 0.368 e. The van der Waals surface area contributed by atoms with Gasteiger partial charge in [-0.3, -0.25) is 0 Å². The van der Waals surface area contributed by atoms with Gasteiger partial charge in [-0.15, -0.1) is 11.6 Å². The number of morpholine rings is 1. The molecule has 102 valence electrons. The Morgan fingerprint density at radius 2 is 2.12 bits per heavy atom. The highest BCUT2D eigenvalue weighted by atomic mass is 35.5. The van der Waals surface area contributed by atoms with E-state index in [4.69, 9.17) is 16.3 Å². The number of alkyl halides is 1. The fraction of sp³-hybridized carbons (Fsp3) is 1.00. The Balaban J connectivity index is 2.76. The Hall–Kier alpha value is 0.160. The second-order valence-electron chi connectivity index (χ2n) is 5.12. The van der Waals surface area contributed by atoms with Crippen LogP contribution in [0.5, 0.6) is 0 Å². The van der Waals surface area contributed by atoms with Crippen LogP contribution in [0.4, 0.5) is 0 Å². The summed E-state index contributed by atoms with van der Waals surface area (Å²) in [7, 11) is -3.16. The Labute approximate surface area is 109 Å². The third kappa shape index (κ3) is 4.39. The first kappa shape index (κ1) is 15.2. The van der Waals surface area contributed by atoms with Crippen molar-refractivity contribution in [3.05, 3.63) is 0 Å². The van der Waals surface area contributed by atoms with Crippen LogP contribution in [-0.4, -0.2) is 49.2 Å². The lowest BCUT2D eigenvalue weighted by molar-refractivity contribution is -0.107. The van der Waals surface area contributed by atoms with E-state index in [2.05, 4.69) is 0 Å². The van der Waals surface area contributed by atoms with Gasteiger partial charge in [0.1, 0.15) is 0 Å². The lowest BCUT2D eigenvalue weighted by atomic mass is 10.1. The Bertz CT molecular complexity index is 343. The molecule has 0 radical (unpaired) electrons. The summed E-state index contributed by atoms with van der Waals surface area (Å²) in [6.45, 7) is 6.56.